The lowest BCUT2D eigenvalue weighted by molar-refractivity contribution is -0.133. The highest BCUT2D eigenvalue weighted by atomic mass is 16.2. The van der Waals surface area contributed by atoms with Crippen LogP contribution in [0.15, 0.2) is 0 Å². The van der Waals surface area contributed by atoms with Crippen LogP contribution < -0.4 is 5.32 Å². The van der Waals surface area contributed by atoms with Crippen LogP contribution in [0, 0.1) is 5.92 Å². The molecule has 2 heterocycles. The van der Waals surface area contributed by atoms with E-state index in [9.17, 15) is 4.79 Å². The lowest BCUT2D eigenvalue weighted by atomic mass is 9.96. The number of hydrogen-bond acceptors (Lipinski definition) is 3. The van der Waals surface area contributed by atoms with Crippen molar-refractivity contribution in [3.63, 3.8) is 0 Å². The Morgan fingerprint density at radius 1 is 1.40 bits per heavy atom. The fourth-order valence-electron chi connectivity index (χ4n) is 3.59. The zero-order valence-corrected chi connectivity index (χ0v) is 13.7. The van der Waals surface area contributed by atoms with Crippen molar-refractivity contribution >= 4 is 5.91 Å². The molecule has 0 aromatic rings. The number of piperidine rings is 1. The first-order chi connectivity index (χ1) is 9.43. The van der Waals surface area contributed by atoms with Gasteiger partial charge in [0.15, 0.2) is 0 Å². The van der Waals surface area contributed by atoms with E-state index in [1.807, 2.05) is 0 Å². The largest absolute Gasteiger partial charge is 0.323 e. The molecule has 1 amide bonds. The van der Waals surface area contributed by atoms with Crippen molar-refractivity contribution < 1.29 is 4.79 Å². The van der Waals surface area contributed by atoms with Crippen molar-refractivity contribution in [2.45, 2.75) is 77.7 Å². The molecule has 4 unspecified atom stereocenters. The molecule has 2 rings (SSSR count). The molecule has 0 aliphatic carbocycles. The molecule has 0 radical (unpaired) electrons. The summed E-state index contributed by atoms with van der Waals surface area (Å²) in [5.41, 5.74) is 0. The van der Waals surface area contributed by atoms with Gasteiger partial charge in [0.1, 0.15) is 0 Å². The van der Waals surface area contributed by atoms with Crippen LogP contribution in [0.5, 0.6) is 0 Å². The highest BCUT2D eigenvalue weighted by Crippen LogP contribution is 2.28. The van der Waals surface area contributed by atoms with E-state index in [0.717, 1.165) is 32.2 Å². The Morgan fingerprint density at radius 3 is 2.65 bits per heavy atom. The van der Waals surface area contributed by atoms with Gasteiger partial charge in [-0.25, -0.2) is 0 Å². The molecule has 4 heteroatoms. The minimum atomic E-state index is 0.0358. The van der Waals surface area contributed by atoms with Crippen LogP contribution in [0.4, 0.5) is 0 Å². The van der Waals surface area contributed by atoms with Gasteiger partial charge in [-0.3, -0.25) is 10.1 Å². The highest BCUT2D eigenvalue weighted by Gasteiger charge is 2.42. The number of likely N-dealkylation sites (tertiary alicyclic amines) is 1. The fraction of sp³-hybridized carbons (Fsp3) is 0.938. The minimum absolute atomic E-state index is 0.0358. The molecule has 0 aromatic carbocycles. The van der Waals surface area contributed by atoms with Crippen LogP contribution in [-0.4, -0.2) is 53.6 Å². The van der Waals surface area contributed by atoms with Gasteiger partial charge in [0.2, 0.25) is 5.91 Å². The molecule has 116 valence electrons. The van der Waals surface area contributed by atoms with Crippen molar-refractivity contribution in [2.24, 2.45) is 5.92 Å². The first kappa shape index (κ1) is 15.8. The number of hydrogen-bond donors (Lipinski definition) is 1. The Kier molecular flexibility index (Phi) is 5.08. The summed E-state index contributed by atoms with van der Waals surface area (Å²) in [6.45, 7) is 9.94. The fourth-order valence-corrected chi connectivity index (χ4v) is 3.59. The number of carbonyl (C=O) groups excluding carboxylic acids is 1. The van der Waals surface area contributed by atoms with Gasteiger partial charge in [-0.15, -0.1) is 0 Å². The van der Waals surface area contributed by atoms with Crippen molar-refractivity contribution in [3.05, 3.63) is 0 Å². The third-order valence-corrected chi connectivity index (χ3v) is 4.96. The molecule has 20 heavy (non-hydrogen) atoms. The Balaban J connectivity index is 2.11. The number of rotatable bonds is 4. The topological polar surface area (TPSA) is 35.6 Å². The average molecular weight is 281 g/mol. The first-order valence-electron chi connectivity index (χ1n) is 8.22. The molecule has 2 fully saturated rings. The molecule has 2 aliphatic heterocycles. The summed E-state index contributed by atoms with van der Waals surface area (Å²) in [4.78, 5) is 17.3. The summed E-state index contributed by atoms with van der Waals surface area (Å²) in [7, 11) is 2.19. The summed E-state index contributed by atoms with van der Waals surface area (Å²) in [5.74, 6) is 0.946. The molecule has 0 bridgehead atoms. The van der Waals surface area contributed by atoms with E-state index in [4.69, 9.17) is 0 Å². The van der Waals surface area contributed by atoms with E-state index in [0.29, 0.717) is 23.9 Å². The van der Waals surface area contributed by atoms with Crippen molar-refractivity contribution in [1.82, 2.24) is 15.1 Å². The van der Waals surface area contributed by atoms with E-state index in [-0.39, 0.29) is 12.2 Å². The minimum Gasteiger partial charge on any atom is -0.323 e. The van der Waals surface area contributed by atoms with E-state index in [1.165, 1.54) is 0 Å². The molecular formula is C16H31N3O. The van der Waals surface area contributed by atoms with Gasteiger partial charge < -0.3 is 9.80 Å². The second-order valence-electron chi connectivity index (χ2n) is 7.03. The van der Waals surface area contributed by atoms with Gasteiger partial charge >= 0.3 is 0 Å². The Hall–Kier alpha value is -0.610. The van der Waals surface area contributed by atoms with Crippen LogP contribution in [0.2, 0.25) is 0 Å². The number of carbonyl (C=O) groups is 1. The molecule has 2 saturated heterocycles. The Bertz CT molecular complexity index is 345. The van der Waals surface area contributed by atoms with Crippen LogP contribution >= 0.6 is 0 Å². The Morgan fingerprint density at radius 2 is 2.10 bits per heavy atom. The van der Waals surface area contributed by atoms with Crippen LogP contribution in [0.3, 0.4) is 0 Å². The zero-order chi connectivity index (χ0) is 14.9. The smallest absolute Gasteiger partial charge is 0.241 e. The average Bonchev–Trinajstić information content (AvgIpc) is 2.68. The van der Waals surface area contributed by atoms with E-state index in [1.54, 1.807) is 0 Å². The SMILES string of the molecule is CCC1NC(CC(C)C)N(C2CCN(C)C(C)C2)C1=O. The van der Waals surface area contributed by atoms with Crippen molar-refractivity contribution in [1.29, 1.82) is 0 Å². The number of nitrogens with one attached hydrogen (secondary N) is 1. The van der Waals surface area contributed by atoms with Gasteiger partial charge in [-0.05, 0) is 45.6 Å². The first-order valence-corrected chi connectivity index (χ1v) is 8.22. The van der Waals surface area contributed by atoms with Gasteiger partial charge in [-0.1, -0.05) is 20.8 Å². The summed E-state index contributed by atoms with van der Waals surface area (Å²) >= 11 is 0. The van der Waals surface area contributed by atoms with Gasteiger partial charge in [-0.2, -0.15) is 0 Å². The summed E-state index contributed by atoms with van der Waals surface area (Å²) in [6.07, 6.45) is 4.41. The maximum atomic E-state index is 12.7. The number of nitrogens with zero attached hydrogens (tertiary/aromatic N) is 2. The van der Waals surface area contributed by atoms with Crippen LogP contribution in [0.25, 0.3) is 0 Å². The van der Waals surface area contributed by atoms with Gasteiger partial charge in [0.25, 0.3) is 0 Å². The molecule has 0 spiro atoms. The maximum Gasteiger partial charge on any atom is 0.241 e. The third kappa shape index (κ3) is 3.17. The summed E-state index contributed by atoms with van der Waals surface area (Å²) < 4.78 is 0. The van der Waals surface area contributed by atoms with E-state index in [2.05, 4.69) is 49.9 Å². The zero-order valence-electron chi connectivity index (χ0n) is 13.7. The second kappa shape index (κ2) is 6.44. The second-order valence-corrected chi connectivity index (χ2v) is 7.03. The molecule has 4 atom stereocenters. The van der Waals surface area contributed by atoms with Crippen molar-refractivity contribution in [2.75, 3.05) is 13.6 Å². The predicted molar refractivity (Wildman–Crippen MR) is 82.4 cm³/mol. The monoisotopic (exact) mass is 281 g/mol. The van der Waals surface area contributed by atoms with Crippen LogP contribution in [-0.2, 0) is 4.79 Å². The lowest BCUT2D eigenvalue weighted by Crippen LogP contribution is -2.52. The Labute approximate surface area is 123 Å². The molecule has 1 N–H and O–H groups in total. The van der Waals surface area contributed by atoms with Gasteiger partial charge in [0.05, 0.1) is 12.2 Å². The van der Waals surface area contributed by atoms with Crippen LogP contribution in [0.1, 0.15) is 53.4 Å². The van der Waals surface area contributed by atoms with E-state index < -0.39 is 0 Å². The number of amides is 1. The van der Waals surface area contributed by atoms with Gasteiger partial charge in [0, 0.05) is 18.6 Å². The van der Waals surface area contributed by atoms with Crippen molar-refractivity contribution in [3.8, 4) is 0 Å². The summed E-state index contributed by atoms with van der Waals surface area (Å²) in [6, 6.07) is 1.03. The quantitative estimate of drug-likeness (QED) is 0.856. The maximum absolute atomic E-state index is 12.7. The lowest BCUT2D eigenvalue weighted by Gasteiger charge is -2.41. The standard InChI is InChI=1S/C16H31N3O/c1-6-14-16(20)19(15(17-14)9-11(2)3)13-7-8-18(5)12(4)10-13/h11-15,17H,6-10H2,1-5H3. The van der Waals surface area contributed by atoms with E-state index >= 15 is 0 Å². The third-order valence-electron chi connectivity index (χ3n) is 4.96. The molecular weight excluding hydrogens is 250 g/mol. The summed E-state index contributed by atoms with van der Waals surface area (Å²) in [5, 5.41) is 3.56. The molecule has 0 aromatic heterocycles. The molecule has 4 nitrogen and oxygen atoms in total. The highest BCUT2D eigenvalue weighted by molar-refractivity contribution is 5.84. The molecule has 2 aliphatic rings. The predicted octanol–water partition coefficient (Wildman–Crippen LogP) is 2.05. The molecule has 0 saturated carbocycles. The normalized spacial score (nSPS) is 36.1.